The molecule has 24 heavy (non-hydrogen) atoms. The molecule has 2 aromatic rings. The highest BCUT2D eigenvalue weighted by Crippen LogP contribution is 2.65. The highest BCUT2D eigenvalue weighted by molar-refractivity contribution is 5.71. The molecule has 0 aromatic carbocycles. The van der Waals surface area contributed by atoms with Gasteiger partial charge in [0, 0.05) is 26.2 Å². The van der Waals surface area contributed by atoms with Gasteiger partial charge < -0.3 is 10.0 Å². The van der Waals surface area contributed by atoms with Gasteiger partial charge in [0.05, 0.1) is 12.4 Å². The van der Waals surface area contributed by atoms with E-state index >= 15 is 0 Å². The number of piperidine rings is 1. The Morgan fingerprint density at radius 1 is 1.25 bits per heavy atom. The summed E-state index contributed by atoms with van der Waals surface area (Å²) in [5.41, 5.74) is 2.30. The van der Waals surface area contributed by atoms with Gasteiger partial charge in [0.25, 0.3) is 0 Å². The Hall–Kier alpha value is -1.69. The summed E-state index contributed by atoms with van der Waals surface area (Å²) in [5, 5.41) is 14.1. The molecule has 2 aromatic heterocycles. The maximum Gasteiger partial charge on any atom is 0.178 e. The Morgan fingerprint density at radius 2 is 2.08 bits per heavy atom. The monoisotopic (exact) mass is 327 g/mol. The summed E-state index contributed by atoms with van der Waals surface area (Å²) in [6.07, 6.45) is 8.88. The van der Waals surface area contributed by atoms with Crippen LogP contribution in [0, 0.1) is 23.2 Å². The maximum atomic E-state index is 9.55. The molecule has 128 valence electrons. The topological polar surface area (TPSA) is 67.1 Å². The lowest BCUT2D eigenvalue weighted by Gasteiger charge is -2.61. The number of fused-ring (bicyclic) bond motifs is 1. The summed E-state index contributed by atoms with van der Waals surface area (Å²) in [7, 11) is 0. The molecule has 3 heterocycles. The lowest BCUT2D eigenvalue weighted by atomic mass is 9.44. The van der Waals surface area contributed by atoms with E-state index in [1.54, 1.807) is 0 Å². The average molecular weight is 327 g/mol. The normalized spacial score (nSPS) is 34.9. The molecule has 1 aliphatic heterocycles. The molecule has 1 saturated heterocycles. The molecular weight excluding hydrogens is 302 g/mol. The van der Waals surface area contributed by atoms with Gasteiger partial charge in [0.15, 0.2) is 5.65 Å². The van der Waals surface area contributed by atoms with Crippen molar-refractivity contribution in [2.24, 2.45) is 23.2 Å². The largest absolute Gasteiger partial charge is 0.396 e. The van der Waals surface area contributed by atoms with Crippen molar-refractivity contribution < 1.29 is 5.11 Å². The van der Waals surface area contributed by atoms with Crippen molar-refractivity contribution in [1.29, 1.82) is 0 Å². The summed E-state index contributed by atoms with van der Waals surface area (Å²) in [6, 6.07) is 0. The van der Waals surface area contributed by atoms with Crippen molar-refractivity contribution in [2.45, 2.75) is 39.2 Å². The first-order chi connectivity index (χ1) is 11.6. The minimum absolute atomic E-state index is 0.248. The SMILES string of the molecule is C[C@@H]1C[C@H](CO)CN(c2cnc3cnn(CC45CC(C4)C5)c3n2)C1. The van der Waals surface area contributed by atoms with Crippen LogP contribution in [0.15, 0.2) is 12.4 Å². The average Bonchev–Trinajstić information content (AvgIpc) is 2.91. The fraction of sp³-hybridized carbons (Fsp3) is 0.722. The predicted molar refractivity (Wildman–Crippen MR) is 91.7 cm³/mol. The van der Waals surface area contributed by atoms with Crippen LogP contribution in [0.2, 0.25) is 0 Å². The third-order valence-corrected chi connectivity index (χ3v) is 6.31. The molecule has 2 bridgehead atoms. The van der Waals surface area contributed by atoms with Gasteiger partial charge in [-0.2, -0.15) is 5.10 Å². The number of hydrogen-bond donors (Lipinski definition) is 1. The van der Waals surface area contributed by atoms with E-state index in [9.17, 15) is 5.11 Å². The van der Waals surface area contributed by atoms with Crippen molar-refractivity contribution in [1.82, 2.24) is 19.7 Å². The molecule has 6 rings (SSSR count). The molecule has 6 heteroatoms. The predicted octanol–water partition coefficient (Wildman–Crippen LogP) is 2.08. The van der Waals surface area contributed by atoms with Crippen LogP contribution in [-0.4, -0.2) is 44.6 Å². The van der Waals surface area contributed by atoms with Gasteiger partial charge in [-0.05, 0) is 48.9 Å². The zero-order valence-electron chi connectivity index (χ0n) is 14.2. The van der Waals surface area contributed by atoms with E-state index in [4.69, 9.17) is 4.98 Å². The van der Waals surface area contributed by atoms with E-state index < -0.39 is 0 Å². The van der Waals surface area contributed by atoms with Crippen molar-refractivity contribution in [3.8, 4) is 0 Å². The van der Waals surface area contributed by atoms with Crippen LogP contribution < -0.4 is 4.90 Å². The maximum absolute atomic E-state index is 9.55. The van der Waals surface area contributed by atoms with Gasteiger partial charge in [0.1, 0.15) is 11.3 Å². The van der Waals surface area contributed by atoms with Crippen molar-refractivity contribution in [3.63, 3.8) is 0 Å². The molecule has 0 amide bonds. The van der Waals surface area contributed by atoms with Crippen molar-refractivity contribution in [3.05, 3.63) is 12.4 Å². The Kier molecular flexibility index (Phi) is 3.14. The van der Waals surface area contributed by atoms with Gasteiger partial charge in [-0.15, -0.1) is 0 Å². The fourth-order valence-electron chi connectivity index (χ4n) is 5.08. The summed E-state index contributed by atoms with van der Waals surface area (Å²) >= 11 is 0. The summed E-state index contributed by atoms with van der Waals surface area (Å²) < 4.78 is 2.07. The number of rotatable bonds is 4. The van der Waals surface area contributed by atoms with Gasteiger partial charge >= 0.3 is 0 Å². The van der Waals surface area contributed by atoms with Crippen LogP contribution in [0.5, 0.6) is 0 Å². The standard InChI is InChI=1S/C18H25N5O/c1-12-2-13(10-24)9-22(8-12)16-7-19-15-6-20-23(17(15)21-16)11-18-3-14(4-18)5-18/h6-7,12-14,24H,2-5,8-11H2,1H3/t12-,13+,14?,18?/m1/s1. The first-order valence-corrected chi connectivity index (χ1v) is 9.18. The molecule has 6 nitrogen and oxygen atoms in total. The Balaban J connectivity index is 1.44. The number of aromatic nitrogens is 4. The molecule has 3 aliphatic carbocycles. The number of aliphatic hydroxyl groups excluding tert-OH is 1. The minimum atomic E-state index is 0.248. The molecule has 0 spiro atoms. The summed E-state index contributed by atoms with van der Waals surface area (Å²) in [6.45, 7) is 5.32. The van der Waals surface area contributed by atoms with Crippen molar-refractivity contribution in [2.75, 3.05) is 24.6 Å². The molecule has 4 fully saturated rings. The fourth-order valence-corrected chi connectivity index (χ4v) is 5.08. The molecule has 1 N–H and O–H groups in total. The Morgan fingerprint density at radius 3 is 2.79 bits per heavy atom. The number of aliphatic hydroxyl groups is 1. The van der Waals surface area contributed by atoms with E-state index in [-0.39, 0.29) is 6.61 Å². The minimum Gasteiger partial charge on any atom is -0.396 e. The highest BCUT2D eigenvalue weighted by Gasteiger charge is 2.56. The van der Waals surface area contributed by atoms with Gasteiger partial charge in [-0.1, -0.05) is 6.92 Å². The molecule has 4 aliphatic rings. The van der Waals surface area contributed by atoms with E-state index in [1.807, 2.05) is 12.4 Å². The molecule has 3 saturated carbocycles. The van der Waals surface area contributed by atoms with E-state index in [1.165, 1.54) is 19.3 Å². The first kappa shape index (κ1) is 14.6. The summed E-state index contributed by atoms with van der Waals surface area (Å²) in [5.74, 6) is 2.81. The van der Waals surface area contributed by atoms with E-state index in [0.717, 1.165) is 49.0 Å². The van der Waals surface area contributed by atoms with Gasteiger partial charge in [-0.3, -0.25) is 0 Å². The van der Waals surface area contributed by atoms with Crippen LogP contribution in [-0.2, 0) is 6.54 Å². The quantitative estimate of drug-likeness (QED) is 0.931. The number of anilines is 1. The highest BCUT2D eigenvalue weighted by atomic mass is 16.3. The number of hydrogen-bond acceptors (Lipinski definition) is 5. The van der Waals surface area contributed by atoms with Crippen LogP contribution in [0.25, 0.3) is 11.2 Å². The molecule has 2 atom stereocenters. The molecular formula is C18H25N5O. The van der Waals surface area contributed by atoms with Crippen molar-refractivity contribution >= 4 is 17.0 Å². The Bertz CT molecular complexity index is 755. The summed E-state index contributed by atoms with van der Waals surface area (Å²) in [4.78, 5) is 11.8. The second-order valence-corrected chi connectivity index (χ2v) is 8.51. The van der Waals surface area contributed by atoms with Gasteiger partial charge in [-0.25, -0.2) is 14.6 Å². The van der Waals surface area contributed by atoms with Crippen LogP contribution in [0.3, 0.4) is 0 Å². The number of nitrogens with zero attached hydrogens (tertiary/aromatic N) is 5. The van der Waals surface area contributed by atoms with Crippen LogP contribution >= 0.6 is 0 Å². The third kappa shape index (κ3) is 2.23. The lowest BCUT2D eigenvalue weighted by Crippen LogP contribution is -2.54. The molecule has 0 unspecified atom stereocenters. The zero-order chi connectivity index (χ0) is 16.3. The third-order valence-electron chi connectivity index (χ3n) is 6.31. The Labute approximate surface area is 141 Å². The second kappa shape index (κ2) is 5.15. The first-order valence-electron chi connectivity index (χ1n) is 9.18. The van der Waals surface area contributed by atoms with Crippen LogP contribution in [0.1, 0.15) is 32.6 Å². The van der Waals surface area contributed by atoms with E-state index in [0.29, 0.717) is 17.3 Å². The lowest BCUT2D eigenvalue weighted by molar-refractivity contribution is -0.119. The second-order valence-electron chi connectivity index (χ2n) is 8.51. The zero-order valence-corrected chi connectivity index (χ0v) is 14.2. The van der Waals surface area contributed by atoms with Gasteiger partial charge in [0.2, 0.25) is 0 Å². The van der Waals surface area contributed by atoms with Crippen LogP contribution in [0.4, 0.5) is 5.82 Å². The smallest absolute Gasteiger partial charge is 0.178 e. The van der Waals surface area contributed by atoms with E-state index in [2.05, 4.69) is 26.6 Å². The molecule has 0 radical (unpaired) electrons.